The Balaban J connectivity index is 2.16. The molecular weight excluding hydrogens is 374 g/mol. The molecule has 0 heterocycles. The maximum Gasteiger partial charge on any atom is 0.265 e. The minimum Gasteiger partial charge on any atom is -0.398 e. The van der Waals surface area contributed by atoms with E-state index >= 15 is 0 Å². The standard InChI is InChI=1S/C14H13BrClN3OS/c15-10-6-8(14(20)19-18)4-5-9(10)7-21-13-11(16)2-1-3-12(13)17/h1-6H,7,17-18H2,(H,19,20). The first-order valence-corrected chi connectivity index (χ1v) is 8.14. The first-order chi connectivity index (χ1) is 10.0. The molecular formula is C14H13BrClN3OS. The second kappa shape index (κ2) is 7.17. The maximum absolute atomic E-state index is 11.4. The van der Waals surface area contributed by atoms with Crippen LogP contribution in [0.25, 0.3) is 0 Å². The molecule has 0 atom stereocenters. The third kappa shape index (κ3) is 3.91. The van der Waals surface area contributed by atoms with Crippen LogP contribution in [0.3, 0.4) is 0 Å². The number of carbonyl (C=O) groups is 1. The van der Waals surface area contributed by atoms with Crippen LogP contribution in [0.4, 0.5) is 5.69 Å². The second-order valence-electron chi connectivity index (χ2n) is 4.23. The number of anilines is 1. The number of halogens is 2. The lowest BCUT2D eigenvalue weighted by atomic mass is 10.1. The average Bonchev–Trinajstić information content (AvgIpc) is 2.47. The Hall–Kier alpha value is -1.21. The molecule has 0 saturated heterocycles. The van der Waals surface area contributed by atoms with Gasteiger partial charge in [-0.2, -0.15) is 0 Å². The highest BCUT2D eigenvalue weighted by Crippen LogP contribution is 2.35. The van der Waals surface area contributed by atoms with Crippen LogP contribution in [0.1, 0.15) is 15.9 Å². The fourth-order valence-corrected chi connectivity index (χ4v) is 3.76. The van der Waals surface area contributed by atoms with Crippen molar-refractivity contribution in [2.24, 2.45) is 5.84 Å². The van der Waals surface area contributed by atoms with Gasteiger partial charge in [0, 0.05) is 26.4 Å². The number of nitrogens with one attached hydrogen (secondary N) is 1. The highest BCUT2D eigenvalue weighted by molar-refractivity contribution is 9.10. The molecule has 0 aliphatic heterocycles. The molecule has 4 nitrogen and oxygen atoms in total. The monoisotopic (exact) mass is 385 g/mol. The molecule has 2 aromatic rings. The van der Waals surface area contributed by atoms with E-state index in [1.54, 1.807) is 23.9 Å². The highest BCUT2D eigenvalue weighted by Gasteiger charge is 2.10. The normalized spacial score (nSPS) is 10.4. The molecule has 110 valence electrons. The molecule has 0 aliphatic rings. The summed E-state index contributed by atoms with van der Waals surface area (Å²) in [5.74, 6) is 5.46. The second-order valence-corrected chi connectivity index (χ2v) is 6.47. The molecule has 0 unspecified atom stereocenters. The van der Waals surface area contributed by atoms with Gasteiger partial charge in [0.25, 0.3) is 5.91 Å². The van der Waals surface area contributed by atoms with Gasteiger partial charge < -0.3 is 5.73 Å². The van der Waals surface area contributed by atoms with Gasteiger partial charge in [-0.3, -0.25) is 10.2 Å². The van der Waals surface area contributed by atoms with E-state index in [-0.39, 0.29) is 5.91 Å². The van der Waals surface area contributed by atoms with Gasteiger partial charge >= 0.3 is 0 Å². The van der Waals surface area contributed by atoms with Crippen molar-refractivity contribution >= 4 is 50.9 Å². The summed E-state index contributed by atoms with van der Waals surface area (Å²) in [7, 11) is 0. The Bertz CT molecular complexity index is 661. The molecule has 0 saturated carbocycles. The van der Waals surface area contributed by atoms with E-state index in [0.29, 0.717) is 22.0 Å². The van der Waals surface area contributed by atoms with Gasteiger partial charge in [-0.25, -0.2) is 5.84 Å². The third-order valence-electron chi connectivity index (χ3n) is 2.82. The Labute approximate surface area is 140 Å². The third-order valence-corrected chi connectivity index (χ3v) is 5.18. The summed E-state index contributed by atoms with van der Waals surface area (Å²) in [5, 5.41) is 0.634. The predicted molar refractivity (Wildman–Crippen MR) is 91.2 cm³/mol. The summed E-state index contributed by atoms with van der Waals surface area (Å²) in [5.41, 5.74) is 10.2. The van der Waals surface area contributed by atoms with Crippen molar-refractivity contribution in [1.29, 1.82) is 0 Å². The van der Waals surface area contributed by atoms with Crippen molar-refractivity contribution in [2.75, 3.05) is 5.73 Å². The van der Waals surface area contributed by atoms with E-state index in [0.717, 1.165) is 14.9 Å². The lowest BCUT2D eigenvalue weighted by Crippen LogP contribution is -2.29. The molecule has 5 N–H and O–H groups in total. The Morgan fingerprint density at radius 2 is 2.10 bits per heavy atom. The van der Waals surface area contributed by atoms with Crippen LogP contribution >= 0.6 is 39.3 Å². The number of rotatable bonds is 4. The maximum atomic E-state index is 11.4. The van der Waals surface area contributed by atoms with E-state index in [1.807, 2.05) is 24.3 Å². The van der Waals surface area contributed by atoms with Crippen molar-refractivity contribution in [3.63, 3.8) is 0 Å². The zero-order chi connectivity index (χ0) is 15.4. The fourth-order valence-electron chi connectivity index (χ4n) is 1.72. The number of carbonyl (C=O) groups excluding carboxylic acids is 1. The zero-order valence-electron chi connectivity index (χ0n) is 10.9. The molecule has 0 fully saturated rings. The van der Waals surface area contributed by atoms with Crippen LogP contribution in [-0.2, 0) is 5.75 Å². The number of nitrogen functional groups attached to an aromatic ring is 2. The molecule has 7 heteroatoms. The van der Waals surface area contributed by atoms with Gasteiger partial charge in [0.2, 0.25) is 0 Å². The van der Waals surface area contributed by atoms with E-state index in [4.69, 9.17) is 23.2 Å². The highest BCUT2D eigenvalue weighted by atomic mass is 79.9. The first-order valence-electron chi connectivity index (χ1n) is 5.99. The van der Waals surface area contributed by atoms with Crippen LogP contribution in [0.5, 0.6) is 0 Å². The number of hydrazine groups is 1. The molecule has 0 bridgehead atoms. The Morgan fingerprint density at radius 3 is 2.71 bits per heavy atom. The lowest BCUT2D eigenvalue weighted by molar-refractivity contribution is 0.0953. The summed E-state index contributed by atoms with van der Waals surface area (Å²) in [6.07, 6.45) is 0. The predicted octanol–water partition coefficient (Wildman–Crippen LogP) is 3.58. The molecule has 0 radical (unpaired) electrons. The fraction of sp³-hybridized carbons (Fsp3) is 0.0714. The van der Waals surface area contributed by atoms with Crippen LogP contribution in [-0.4, -0.2) is 5.91 Å². The van der Waals surface area contributed by atoms with Crippen molar-refractivity contribution < 1.29 is 4.79 Å². The van der Waals surface area contributed by atoms with Crippen LogP contribution in [0.15, 0.2) is 45.8 Å². The molecule has 0 aliphatic carbocycles. The number of nitrogens with two attached hydrogens (primary N) is 2. The van der Waals surface area contributed by atoms with Crippen molar-refractivity contribution in [3.8, 4) is 0 Å². The Morgan fingerprint density at radius 1 is 1.33 bits per heavy atom. The SMILES string of the molecule is NNC(=O)c1ccc(CSc2c(N)cccc2Cl)c(Br)c1. The smallest absolute Gasteiger partial charge is 0.265 e. The quantitative estimate of drug-likeness (QED) is 0.247. The first kappa shape index (κ1) is 16.2. The van der Waals surface area contributed by atoms with E-state index in [1.165, 1.54) is 0 Å². The molecule has 0 spiro atoms. The summed E-state index contributed by atoms with van der Waals surface area (Å²) >= 11 is 11.1. The van der Waals surface area contributed by atoms with Gasteiger partial charge in [-0.15, -0.1) is 11.8 Å². The van der Waals surface area contributed by atoms with Crippen molar-refractivity contribution in [2.45, 2.75) is 10.6 Å². The molecule has 2 rings (SSSR count). The molecule has 1 amide bonds. The summed E-state index contributed by atoms with van der Waals surface area (Å²) in [6.45, 7) is 0. The van der Waals surface area contributed by atoms with Crippen LogP contribution in [0.2, 0.25) is 5.02 Å². The largest absolute Gasteiger partial charge is 0.398 e. The summed E-state index contributed by atoms with van der Waals surface area (Å²) in [4.78, 5) is 12.3. The summed E-state index contributed by atoms with van der Waals surface area (Å²) in [6, 6.07) is 10.8. The topological polar surface area (TPSA) is 81.1 Å². The van der Waals surface area contributed by atoms with Gasteiger partial charge in [-0.1, -0.05) is 39.7 Å². The van der Waals surface area contributed by atoms with Crippen LogP contribution < -0.4 is 17.0 Å². The number of amides is 1. The Kier molecular flexibility index (Phi) is 5.52. The number of hydrogen-bond donors (Lipinski definition) is 3. The van der Waals surface area contributed by atoms with E-state index < -0.39 is 0 Å². The van der Waals surface area contributed by atoms with Gasteiger partial charge in [0.05, 0.1) is 5.02 Å². The zero-order valence-corrected chi connectivity index (χ0v) is 14.1. The number of hydrogen-bond acceptors (Lipinski definition) is 4. The van der Waals surface area contributed by atoms with Gasteiger partial charge in [0.15, 0.2) is 0 Å². The van der Waals surface area contributed by atoms with E-state index in [9.17, 15) is 4.79 Å². The lowest BCUT2D eigenvalue weighted by Gasteiger charge is -2.09. The number of thioether (sulfide) groups is 1. The van der Waals surface area contributed by atoms with Gasteiger partial charge in [-0.05, 0) is 29.8 Å². The average molecular weight is 387 g/mol. The van der Waals surface area contributed by atoms with Crippen molar-refractivity contribution in [1.82, 2.24) is 5.43 Å². The van der Waals surface area contributed by atoms with Gasteiger partial charge in [0.1, 0.15) is 0 Å². The molecule has 21 heavy (non-hydrogen) atoms. The molecule has 0 aromatic heterocycles. The van der Waals surface area contributed by atoms with Crippen LogP contribution in [0, 0.1) is 0 Å². The number of benzene rings is 2. The van der Waals surface area contributed by atoms with E-state index in [2.05, 4.69) is 21.4 Å². The van der Waals surface area contributed by atoms with Crippen molar-refractivity contribution in [3.05, 3.63) is 57.0 Å². The minimum atomic E-state index is -0.328. The minimum absolute atomic E-state index is 0.328. The molecule has 2 aromatic carbocycles. The summed E-state index contributed by atoms with van der Waals surface area (Å²) < 4.78 is 0.835.